The van der Waals surface area contributed by atoms with Crippen molar-refractivity contribution in [3.05, 3.63) is 0 Å². The molecule has 1 radical (unpaired) electrons. The van der Waals surface area contributed by atoms with Gasteiger partial charge in [0.15, 0.2) is 17.4 Å². The van der Waals surface area contributed by atoms with Gasteiger partial charge in [-0.3, -0.25) is 0 Å². The molecule has 0 aliphatic rings. The molecule has 0 spiro atoms. The Bertz CT molecular complexity index is 11.6. The van der Waals surface area contributed by atoms with Crippen LogP contribution in [0.5, 0.6) is 0 Å². The molecule has 0 N–H and O–H groups in total. The average molecular weight is 358 g/mol. The van der Waals surface area contributed by atoms with Crippen molar-refractivity contribution in [1.29, 1.82) is 0 Å². The van der Waals surface area contributed by atoms with E-state index in [1.165, 1.54) is 0 Å². The Morgan fingerprint density at radius 2 is 1.00 bits per heavy atom. The first kappa shape index (κ1) is 38.6. The summed E-state index contributed by atoms with van der Waals surface area (Å²) >= 11 is 0. The Morgan fingerprint density at radius 1 is 1.00 bits per heavy atom. The molecule has 0 bridgehead atoms. The first-order chi connectivity index (χ1) is 0. The van der Waals surface area contributed by atoms with Gasteiger partial charge in [0.1, 0.15) is 0 Å². The summed E-state index contributed by atoms with van der Waals surface area (Å²) in [6, 6.07) is 0. The quantitative estimate of drug-likeness (QED) is 0.478. The summed E-state index contributed by atoms with van der Waals surface area (Å²) in [6.45, 7) is 0. The van der Waals surface area contributed by atoms with Crippen LogP contribution >= 0.6 is 0 Å². The fourth-order valence-electron chi connectivity index (χ4n) is 0. The molecule has 0 rings (SSSR count). The third-order valence-corrected chi connectivity index (χ3v) is 0. The number of rotatable bonds is 0. The zero-order chi connectivity index (χ0) is 0. The monoisotopic (exact) mass is 359 g/mol. The molecule has 0 nitrogen and oxygen atoms in total. The molecule has 0 amide bonds. The molecule has 0 aliphatic heterocycles. The summed E-state index contributed by atoms with van der Waals surface area (Å²) in [4.78, 5) is 0. The smallest absolute Gasteiger partial charge is 0 e. The van der Waals surface area contributed by atoms with Gasteiger partial charge in [0.25, 0.3) is 0 Å². The molecule has 0 aromatic carbocycles. The Labute approximate surface area is 107 Å². The maximum atomic E-state index is 0. The predicted molar refractivity (Wildman–Crippen MR) is 9.94 cm³/mol. The van der Waals surface area contributed by atoms with Crippen LogP contribution < -0.4 is 0 Å². The summed E-state index contributed by atoms with van der Waals surface area (Å²) in [6.07, 6.45) is 0. The number of hydrogen-bond donors (Lipinski definition) is 0. The number of hydrogen-bond acceptors (Lipinski definition) is 0. The van der Waals surface area contributed by atoms with Crippen molar-refractivity contribution >= 4 is 17.4 Å². The van der Waals surface area contributed by atoms with Crippen molar-refractivity contribution in [3.63, 3.8) is 0 Å². The van der Waals surface area contributed by atoms with Crippen LogP contribution in [-0.4, -0.2) is 17.4 Å². The Kier molecular flexibility index (Phi) is 198. The molecule has 0 aromatic rings. The fourth-order valence-corrected chi connectivity index (χ4v) is 0. The van der Waals surface area contributed by atoms with E-state index in [9.17, 15) is 0 Å². The summed E-state index contributed by atoms with van der Waals surface area (Å²) in [5.41, 5.74) is 0. The van der Waals surface area contributed by atoms with Gasteiger partial charge < -0.3 is 0 Å². The Morgan fingerprint density at radius 3 is 1.00 bits per heavy atom. The van der Waals surface area contributed by atoms with E-state index in [4.69, 9.17) is 0 Å². The second-order valence-corrected chi connectivity index (χ2v) is 0. The summed E-state index contributed by atoms with van der Waals surface area (Å²) < 4.78 is 0. The van der Waals surface area contributed by atoms with Crippen LogP contribution in [0.4, 0.5) is 0 Å². The SMILES string of the molecule is [AlH3].[Mo].[Nb].[Ti].[Zr]. The van der Waals surface area contributed by atoms with Gasteiger partial charge in [-0.15, -0.1) is 0 Å². The van der Waals surface area contributed by atoms with Gasteiger partial charge in [0, 0.05) is 91.4 Å². The van der Waals surface area contributed by atoms with E-state index in [1.807, 2.05) is 0 Å². The van der Waals surface area contributed by atoms with Crippen LogP contribution in [0.25, 0.3) is 0 Å². The molecule has 5 heteroatoms. The van der Waals surface area contributed by atoms with Crippen LogP contribution in [0.1, 0.15) is 0 Å². The van der Waals surface area contributed by atoms with Crippen LogP contribution in [0.15, 0.2) is 0 Å². The summed E-state index contributed by atoms with van der Waals surface area (Å²) in [7, 11) is 0. The van der Waals surface area contributed by atoms with Crippen molar-refractivity contribution in [2.45, 2.75) is 0 Å². The van der Waals surface area contributed by atoms with E-state index in [-0.39, 0.29) is 109 Å². The van der Waals surface area contributed by atoms with E-state index in [0.717, 1.165) is 0 Å². The zero-order valence-electron chi connectivity index (χ0n) is 1.86. The second-order valence-electron chi connectivity index (χ2n) is 0. The maximum Gasteiger partial charge on any atom is 0.187 e. The van der Waals surface area contributed by atoms with Crippen LogP contribution in [0.2, 0.25) is 0 Å². The molecule has 5 heavy (non-hydrogen) atoms. The maximum absolute atomic E-state index is 0. The van der Waals surface area contributed by atoms with E-state index in [0.29, 0.717) is 0 Å². The third kappa shape index (κ3) is 18.4. The fraction of sp³-hybridized carbons (Fsp3) is 0. The molecule has 0 saturated heterocycles. The third-order valence-electron chi connectivity index (χ3n) is 0. The van der Waals surface area contributed by atoms with Crippen LogP contribution in [0, 0.1) is 0 Å². The first-order valence-corrected chi connectivity index (χ1v) is 0. The molecule has 0 aromatic heterocycles. The first-order valence-electron chi connectivity index (χ1n) is 0. The second kappa shape index (κ2) is 25.7. The molecule has 0 fully saturated rings. The van der Waals surface area contributed by atoms with Crippen molar-refractivity contribution in [2.24, 2.45) is 0 Å². The Hall–Kier alpha value is 3.56. The van der Waals surface area contributed by atoms with E-state index in [2.05, 4.69) is 0 Å². The Balaban J connectivity index is 0. The normalized spacial score (nSPS) is 0. The zero-order valence-corrected chi connectivity index (χ0v) is 10.1. The van der Waals surface area contributed by atoms with Crippen molar-refractivity contribution in [1.82, 2.24) is 0 Å². The molecule has 0 atom stereocenters. The minimum atomic E-state index is 0. The van der Waals surface area contributed by atoms with Gasteiger partial charge in [-0.2, -0.15) is 0 Å². The average Bonchev–Trinajstić information content (AvgIpc) is 0. The molecule has 0 aliphatic carbocycles. The van der Waals surface area contributed by atoms with Crippen molar-refractivity contribution in [2.75, 3.05) is 0 Å². The topological polar surface area (TPSA) is 0 Å². The van der Waals surface area contributed by atoms with Gasteiger partial charge in [-0.1, -0.05) is 0 Å². The minimum Gasteiger partial charge on any atom is 0 e. The van der Waals surface area contributed by atoms with Gasteiger partial charge >= 0.3 is 0 Å². The van der Waals surface area contributed by atoms with Gasteiger partial charge in [-0.05, 0) is 0 Å². The van der Waals surface area contributed by atoms with E-state index >= 15 is 0 Å². The van der Waals surface area contributed by atoms with Crippen molar-refractivity contribution < 1.29 is 91.4 Å². The van der Waals surface area contributed by atoms with Crippen molar-refractivity contribution in [3.8, 4) is 0 Å². The molecule has 0 unspecified atom stereocenters. The minimum absolute atomic E-state index is 0. The van der Waals surface area contributed by atoms with Gasteiger partial charge in [0.05, 0.1) is 0 Å². The van der Waals surface area contributed by atoms with E-state index < -0.39 is 0 Å². The standard InChI is InChI=1S/Al.Mo.Nb.Ti.Zr.3H. The van der Waals surface area contributed by atoms with Gasteiger partial charge in [-0.25, -0.2) is 0 Å². The molecular weight excluding hydrogens is 355 g/mol. The predicted octanol–water partition coefficient (Wildman–Crippen LogP) is -1.19. The van der Waals surface area contributed by atoms with Crippen LogP contribution in [0.3, 0.4) is 0 Å². The van der Waals surface area contributed by atoms with Crippen LogP contribution in [-0.2, 0) is 91.4 Å². The molecule has 0 heterocycles. The summed E-state index contributed by atoms with van der Waals surface area (Å²) in [5.74, 6) is 0. The van der Waals surface area contributed by atoms with E-state index in [1.54, 1.807) is 0 Å². The molecule has 25 valence electrons. The summed E-state index contributed by atoms with van der Waals surface area (Å²) in [5, 5.41) is 0. The largest absolute Gasteiger partial charge is 0.187 e. The van der Waals surface area contributed by atoms with Gasteiger partial charge in [0.2, 0.25) is 0 Å². The molecule has 0 saturated carbocycles. The molecular formula is H3AlMoNbTiZr.